The molecule has 1 aliphatic heterocycles. The van der Waals surface area contributed by atoms with Gasteiger partial charge in [-0.1, -0.05) is 29.8 Å². The largest absolute Gasteiger partial charge is 0.311 e. The zero-order valence-electron chi connectivity index (χ0n) is 13.2. The number of rotatable bonds is 4. The normalized spacial score (nSPS) is 19.3. The van der Waals surface area contributed by atoms with Gasteiger partial charge in [-0.3, -0.25) is 4.79 Å². The van der Waals surface area contributed by atoms with Crippen LogP contribution in [0.3, 0.4) is 0 Å². The highest BCUT2D eigenvalue weighted by Crippen LogP contribution is 2.27. The second-order valence-corrected chi connectivity index (χ2v) is 8.62. The molecule has 24 heavy (non-hydrogen) atoms. The molecule has 1 aliphatic rings. The molecule has 1 saturated heterocycles. The number of carbonyl (C=O) groups excluding carboxylic acids is 1. The molecule has 128 valence electrons. The van der Waals surface area contributed by atoms with Crippen LogP contribution in [0.5, 0.6) is 0 Å². The monoisotopic (exact) mass is 367 g/mol. The number of nitrogens with zero attached hydrogens (tertiary/aromatic N) is 2. The highest BCUT2D eigenvalue weighted by molar-refractivity contribution is 7.91. The van der Waals surface area contributed by atoms with Crippen molar-refractivity contribution in [3.8, 4) is 0 Å². The second-order valence-electron chi connectivity index (χ2n) is 5.99. The summed E-state index contributed by atoms with van der Waals surface area (Å²) in [5.41, 5.74) is 1.47. The smallest absolute Gasteiger partial charge is 0.229 e. The molecular formula is C16H18ClN3O3S. The molecule has 0 bridgehead atoms. The van der Waals surface area contributed by atoms with Crippen LogP contribution in [0.2, 0.25) is 5.02 Å². The Hall–Kier alpha value is -1.86. The number of sulfone groups is 1. The molecule has 0 radical (unpaired) electrons. The number of carbonyl (C=O) groups is 1. The molecule has 0 aliphatic carbocycles. The standard InChI is InChI=1S/C16H18ClN3O3S/c1-11-8-15(20(19-11)13-6-7-24(22,23)10-13)18-16(21)9-12-4-2-3-5-14(12)17/h2-5,8,13H,6-7,9-10H2,1H3,(H,18,21). The Labute approximate surface area is 145 Å². The van der Waals surface area contributed by atoms with Crippen LogP contribution >= 0.6 is 11.6 Å². The van der Waals surface area contributed by atoms with E-state index < -0.39 is 9.84 Å². The quantitative estimate of drug-likeness (QED) is 0.899. The molecule has 8 heteroatoms. The second kappa shape index (κ2) is 6.57. The van der Waals surface area contributed by atoms with E-state index in [0.29, 0.717) is 17.3 Å². The lowest BCUT2D eigenvalue weighted by Gasteiger charge is -2.14. The van der Waals surface area contributed by atoms with Gasteiger partial charge >= 0.3 is 0 Å². The van der Waals surface area contributed by atoms with Crippen LogP contribution in [-0.2, 0) is 21.1 Å². The van der Waals surface area contributed by atoms with Gasteiger partial charge in [0, 0.05) is 11.1 Å². The van der Waals surface area contributed by atoms with E-state index in [-0.39, 0.29) is 29.9 Å². The van der Waals surface area contributed by atoms with E-state index in [4.69, 9.17) is 11.6 Å². The fourth-order valence-corrected chi connectivity index (χ4v) is 4.75. The summed E-state index contributed by atoms with van der Waals surface area (Å²) in [6.07, 6.45) is 0.656. The minimum Gasteiger partial charge on any atom is -0.311 e. The number of aromatic nitrogens is 2. The summed E-state index contributed by atoms with van der Waals surface area (Å²) in [6.45, 7) is 1.81. The summed E-state index contributed by atoms with van der Waals surface area (Å²) >= 11 is 6.08. The maximum atomic E-state index is 12.3. The lowest BCUT2D eigenvalue weighted by atomic mass is 10.1. The third-order valence-corrected chi connectivity index (χ3v) is 6.11. The van der Waals surface area contributed by atoms with Crippen molar-refractivity contribution in [1.29, 1.82) is 0 Å². The summed E-state index contributed by atoms with van der Waals surface area (Å²) < 4.78 is 25.0. The van der Waals surface area contributed by atoms with Crippen molar-refractivity contribution in [2.45, 2.75) is 25.8 Å². The summed E-state index contributed by atoms with van der Waals surface area (Å²) in [5.74, 6) is 0.516. The third-order valence-electron chi connectivity index (χ3n) is 3.99. The van der Waals surface area contributed by atoms with Crippen LogP contribution in [0.15, 0.2) is 30.3 Å². The lowest BCUT2D eigenvalue weighted by Crippen LogP contribution is -2.20. The SMILES string of the molecule is Cc1cc(NC(=O)Cc2ccccc2Cl)n(C2CCS(=O)(=O)C2)n1. The van der Waals surface area contributed by atoms with Gasteiger partial charge in [0.1, 0.15) is 5.82 Å². The molecule has 1 amide bonds. The lowest BCUT2D eigenvalue weighted by molar-refractivity contribution is -0.115. The van der Waals surface area contributed by atoms with Crippen molar-refractivity contribution in [3.05, 3.63) is 46.6 Å². The number of benzene rings is 1. The topological polar surface area (TPSA) is 81.1 Å². The fourth-order valence-electron chi connectivity index (χ4n) is 2.86. The molecule has 0 spiro atoms. The zero-order valence-corrected chi connectivity index (χ0v) is 14.8. The Morgan fingerprint density at radius 1 is 1.42 bits per heavy atom. The summed E-state index contributed by atoms with van der Waals surface area (Å²) in [4.78, 5) is 12.3. The van der Waals surface area contributed by atoms with E-state index in [0.717, 1.165) is 11.3 Å². The molecule has 1 fully saturated rings. The summed E-state index contributed by atoms with van der Waals surface area (Å²) in [5, 5.41) is 7.71. The van der Waals surface area contributed by atoms with Crippen LogP contribution < -0.4 is 5.32 Å². The fraction of sp³-hybridized carbons (Fsp3) is 0.375. The van der Waals surface area contributed by atoms with E-state index in [1.807, 2.05) is 19.1 Å². The molecule has 1 aromatic heterocycles. The van der Waals surface area contributed by atoms with Gasteiger partial charge in [0.2, 0.25) is 5.91 Å². The molecule has 0 saturated carbocycles. The van der Waals surface area contributed by atoms with E-state index >= 15 is 0 Å². The van der Waals surface area contributed by atoms with Gasteiger partial charge in [0.15, 0.2) is 9.84 Å². The average molecular weight is 368 g/mol. The molecular weight excluding hydrogens is 350 g/mol. The molecule has 3 rings (SSSR count). The molecule has 1 atom stereocenters. The highest BCUT2D eigenvalue weighted by atomic mass is 35.5. The van der Waals surface area contributed by atoms with Gasteiger partial charge in [-0.2, -0.15) is 5.10 Å². The first kappa shape index (κ1) is 17.0. The van der Waals surface area contributed by atoms with Gasteiger partial charge in [0.25, 0.3) is 0 Å². The summed E-state index contributed by atoms with van der Waals surface area (Å²) in [7, 11) is -3.02. The number of nitrogens with one attached hydrogen (secondary N) is 1. The Kier molecular flexibility index (Phi) is 4.64. The van der Waals surface area contributed by atoms with Crippen LogP contribution in [0.4, 0.5) is 5.82 Å². The van der Waals surface area contributed by atoms with Crippen molar-refractivity contribution in [2.24, 2.45) is 0 Å². The first-order chi connectivity index (χ1) is 11.3. The predicted octanol–water partition coefficient (Wildman–Crippen LogP) is 2.39. The van der Waals surface area contributed by atoms with E-state index in [1.54, 1.807) is 22.9 Å². The van der Waals surface area contributed by atoms with E-state index in [2.05, 4.69) is 10.4 Å². The first-order valence-electron chi connectivity index (χ1n) is 7.64. The zero-order chi connectivity index (χ0) is 17.3. The van der Waals surface area contributed by atoms with Gasteiger partial charge < -0.3 is 5.32 Å². The average Bonchev–Trinajstić information content (AvgIpc) is 3.03. The maximum absolute atomic E-state index is 12.3. The number of aryl methyl sites for hydroxylation is 1. The van der Waals surface area contributed by atoms with Crippen molar-refractivity contribution in [3.63, 3.8) is 0 Å². The van der Waals surface area contributed by atoms with Gasteiger partial charge in [-0.05, 0) is 25.0 Å². The molecule has 1 aromatic carbocycles. The van der Waals surface area contributed by atoms with Crippen molar-refractivity contribution in [2.75, 3.05) is 16.8 Å². The number of hydrogen-bond donors (Lipinski definition) is 1. The predicted molar refractivity (Wildman–Crippen MR) is 93.1 cm³/mol. The molecule has 1 unspecified atom stereocenters. The van der Waals surface area contributed by atoms with Crippen molar-refractivity contribution >= 4 is 33.2 Å². The molecule has 1 N–H and O–H groups in total. The Balaban J connectivity index is 1.76. The Morgan fingerprint density at radius 3 is 2.83 bits per heavy atom. The van der Waals surface area contributed by atoms with Crippen molar-refractivity contribution in [1.82, 2.24) is 9.78 Å². The number of hydrogen-bond acceptors (Lipinski definition) is 4. The van der Waals surface area contributed by atoms with Gasteiger partial charge in [0.05, 0.1) is 29.7 Å². The Morgan fingerprint density at radius 2 is 2.17 bits per heavy atom. The number of anilines is 1. The highest BCUT2D eigenvalue weighted by Gasteiger charge is 2.31. The van der Waals surface area contributed by atoms with Crippen LogP contribution in [0, 0.1) is 6.92 Å². The first-order valence-corrected chi connectivity index (χ1v) is 9.84. The molecule has 2 heterocycles. The number of amides is 1. The molecule has 6 nitrogen and oxygen atoms in total. The van der Waals surface area contributed by atoms with Crippen LogP contribution in [0.1, 0.15) is 23.7 Å². The van der Waals surface area contributed by atoms with Crippen LogP contribution in [-0.4, -0.2) is 35.6 Å². The minimum absolute atomic E-state index is 0.0570. The van der Waals surface area contributed by atoms with E-state index in [1.165, 1.54) is 0 Å². The van der Waals surface area contributed by atoms with Crippen molar-refractivity contribution < 1.29 is 13.2 Å². The minimum atomic E-state index is -3.02. The molecule has 2 aromatic rings. The van der Waals surface area contributed by atoms with Gasteiger partial charge in [-0.25, -0.2) is 13.1 Å². The Bertz CT molecular complexity index is 876. The maximum Gasteiger partial charge on any atom is 0.229 e. The summed E-state index contributed by atoms with van der Waals surface area (Å²) in [6, 6.07) is 8.68. The third kappa shape index (κ3) is 3.79. The van der Waals surface area contributed by atoms with Gasteiger partial charge in [-0.15, -0.1) is 0 Å². The number of halogens is 1. The van der Waals surface area contributed by atoms with Crippen LogP contribution in [0.25, 0.3) is 0 Å². The van der Waals surface area contributed by atoms with E-state index in [9.17, 15) is 13.2 Å².